The maximum absolute atomic E-state index is 12.4. The Bertz CT molecular complexity index is 771. The smallest absolute Gasteiger partial charge is 0.493 e. The molecule has 0 aromatic heterocycles. The standard InChI is InChI=1S/C10H8F3NO8S/c1-4-7(14(17)18)5(9(15)16)3-6(21-2)8(4)22-23(19,20)10(11,12)13/h3H,1-2H3,(H,15,16). The fraction of sp³-hybridized carbons (Fsp3) is 0.300. The van der Waals surface area contributed by atoms with Crippen LogP contribution in [-0.4, -0.2) is 37.0 Å². The molecule has 0 heterocycles. The highest BCUT2D eigenvalue weighted by Crippen LogP contribution is 2.42. The first-order chi connectivity index (χ1) is 10.3. The van der Waals surface area contributed by atoms with Gasteiger partial charge in [0.05, 0.1) is 17.6 Å². The molecule has 9 nitrogen and oxygen atoms in total. The summed E-state index contributed by atoms with van der Waals surface area (Å²) in [5.74, 6) is -3.61. The van der Waals surface area contributed by atoms with Gasteiger partial charge in [-0.05, 0) is 6.92 Å². The minimum absolute atomic E-state index is 0.495. The second-order valence-electron chi connectivity index (χ2n) is 3.97. The summed E-state index contributed by atoms with van der Waals surface area (Å²) < 4.78 is 67.7. The van der Waals surface area contributed by atoms with Crippen molar-refractivity contribution in [1.29, 1.82) is 0 Å². The molecule has 0 aliphatic carbocycles. The first-order valence-corrected chi connectivity index (χ1v) is 6.84. The molecule has 0 radical (unpaired) electrons. The van der Waals surface area contributed by atoms with E-state index in [1.54, 1.807) is 0 Å². The predicted octanol–water partition coefficient (Wildman–Crippen LogP) is 1.84. The van der Waals surface area contributed by atoms with Crippen molar-refractivity contribution in [2.45, 2.75) is 12.4 Å². The molecule has 128 valence electrons. The highest BCUT2D eigenvalue weighted by molar-refractivity contribution is 7.88. The molecule has 1 aromatic carbocycles. The van der Waals surface area contributed by atoms with Crippen LogP contribution in [0.1, 0.15) is 15.9 Å². The minimum atomic E-state index is -6.13. The SMILES string of the molecule is COc1cc(C(=O)O)c([N+](=O)[O-])c(C)c1OS(=O)(=O)C(F)(F)F. The largest absolute Gasteiger partial charge is 0.534 e. The number of carboxylic acids is 1. The number of carbonyl (C=O) groups is 1. The van der Waals surface area contributed by atoms with E-state index in [0.717, 1.165) is 14.0 Å². The van der Waals surface area contributed by atoms with Crippen molar-refractivity contribution < 1.29 is 45.3 Å². The van der Waals surface area contributed by atoms with Crippen molar-refractivity contribution in [2.75, 3.05) is 7.11 Å². The summed E-state index contributed by atoms with van der Waals surface area (Å²) >= 11 is 0. The van der Waals surface area contributed by atoms with E-state index in [0.29, 0.717) is 6.07 Å². The van der Waals surface area contributed by atoms with Gasteiger partial charge in [0.15, 0.2) is 11.5 Å². The Morgan fingerprint density at radius 2 is 1.91 bits per heavy atom. The van der Waals surface area contributed by atoms with Crippen LogP contribution in [0.4, 0.5) is 18.9 Å². The van der Waals surface area contributed by atoms with Crippen molar-refractivity contribution in [3.8, 4) is 11.5 Å². The van der Waals surface area contributed by atoms with E-state index >= 15 is 0 Å². The van der Waals surface area contributed by atoms with Crippen LogP contribution in [0.5, 0.6) is 11.5 Å². The Labute approximate surface area is 126 Å². The molecule has 1 N–H and O–H groups in total. The number of nitro benzene ring substituents is 1. The molecule has 0 saturated heterocycles. The van der Waals surface area contributed by atoms with Gasteiger partial charge in [-0.3, -0.25) is 10.1 Å². The lowest BCUT2D eigenvalue weighted by atomic mass is 10.1. The molecule has 1 aromatic rings. The van der Waals surface area contributed by atoms with Crippen LogP contribution in [0.15, 0.2) is 6.07 Å². The minimum Gasteiger partial charge on any atom is -0.493 e. The molecule has 0 saturated carbocycles. The molecule has 0 aliphatic heterocycles. The first-order valence-electron chi connectivity index (χ1n) is 5.43. The van der Waals surface area contributed by atoms with Crippen LogP contribution < -0.4 is 8.92 Å². The van der Waals surface area contributed by atoms with Crippen LogP contribution in [0.2, 0.25) is 0 Å². The number of alkyl halides is 3. The summed E-state index contributed by atoms with van der Waals surface area (Å²) in [6.07, 6.45) is 0. The molecule has 0 fully saturated rings. The molecular formula is C10H8F3NO8S. The third-order valence-electron chi connectivity index (χ3n) is 2.56. The van der Waals surface area contributed by atoms with E-state index in [9.17, 15) is 36.5 Å². The number of halogens is 3. The van der Waals surface area contributed by atoms with Crippen LogP contribution >= 0.6 is 0 Å². The Balaban J connectivity index is 3.71. The van der Waals surface area contributed by atoms with Gasteiger partial charge in [0.1, 0.15) is 5.56 Å². The summed E-state index contributed by atoms with van der Waals surface area (Å²) in [6.45, 7) is 0.828. The second-order valence-corrected chi connectivity index (χ2v) is 5.51. The van der Waals surface area contributed by atoms with Crippen LogP contribution in [0.3, 0.4) is 0 Å². The van der Waals surface area contributed by atoms with Gasteiger partial charge in [0, 0.05) is 6.07 Å². The zero-order valence-corrected chi connectivity index (χ0v) is 12.2. The predicted molar refractivity (Wildman–Crippen MR) is 66.9 cm³/mol. The average Bonchev–Trinajstić information content (AvgIpc) is 2.38. The third-order valence-corrected chi connectivity index (χ3v) is 3.51. The number of rotatable bonds is 5. The Kier molecular flexibility index (Phi) is 4.74. The van der Waals surface area contributed by atoms with Gasteiger partial charge in [0.25, 0.3) is 5.69 Å². The first kappa shape index (κ1) is 18.5. The highest BCUT2D eigenvalue weighted by Gasteiger charge is 2.49. The number of hydrogen-bond donors (Lipinski definition) is 1. The van der Waals surface area contributed by atoms with E-state index in [4.69, 9.17) is 5.11 Å². The number of benzene rings is 1. The number of ether oxygens (including phenoxy) is 1. The van der Waals surface area contributed by atoms with Crippen LogP contribution in [-0.2, 0) is 10.1 Å². The maximum atomic E-state index is 12.4. The molecule has 0 aliphatic rings. The van der Waals surface area contributed by atoms with E-state index in [-0.39, 0.29) is 0 Å². The highest BCUT2D eigenvalue weighted by atomic mass is 32.2. The van der Waals surface area contributed by atoms with E-state index in [2.05, 4.69) is 8.92 Å². The second kappa shape index (κ2) is 5.91. The number of nitrogens with zero attached hydrogens (tertiary/aromatic N) is 1. The van der Waals surface area contributed by atoms with Gasteiger partial charge in [-0.2, -0.15) is 21.6 Å². The number of carboxylic acid groups (broad SMARTS) is 1. The number of hydrogen-bond acceptors (Lipinski definition) is 7. The normalized spacial score (nSPS) is 11.9. The Morgan fingerprint density at radius 1 is 1.39 bits per heavy atom. The monoisotopic (exact) mass is 359 g/mol. The molecule has 23 heavy (non-hydrogen) atoms. The summed E-state index contributed by atoms with van der Waals surface area (Å²) in [5, 5.41) is 19.8. The quantitative estimate of drug-likeness (QED) is 0.364. The van der Waals surface area contributed by atoms with Gasteiger partial charge in [0.2, 0.25) is 0 Å². The van der Waals surface area contributed by atoms with Gasteiger partial charge < -0.3 is 14.0 Å². The molecular weight excluding hydrogens is 351 g/mol. The summed E-state index contributed by atoms with van der Waals surface area (Å²) in [4.78, 5) is 20.7. The molecule has 0 unspecified atom stereocenters. The number of aromatic carboxylic acids is 1. The van der Waals surface area contributed by atoms with E-state index in [1.165, 1.54) is 0 Å². The van der Waals surface area contributed by atoms with Gasteiger partial charge in [-0.1, -0.05) is 0 Å². The number of nitro groups is 1. The van der Waals surface area contributed by atoms with E-state index in [1.807, 2.05) is 0 Å². The average molecular weight is 359 g/mol. The molecule has 0 amide bonds. The fourth-order valence-electron chi connectivity index (χ4n) is 1.57. The molecule has 0 spiro atoms. The zero-order chi connectivity index (χ0) is 18.2. The lowest BCUT2D eigenvalue weighted by Crippen LogP contribution is -2.28. The summed E-state index contributed by atoms with van der Waals surface area (Å²) in [7, 11) is -5.24. The van der Waals surface area contributed by atoms with Crippen molar-refractivity contribution in [2.24, 2.45) is 0 Å². The lowest BCUT2D eigenvalue weighted by Gasteiger charge is -2.15. The van der Waals surface area contributed by atoms with Crippen molar-refractivity contribution >= 4 is 21.8 Å². The van der Waals surface area contributed by atoms with Crippen LogP contribution in [0.25, 0.3) is 0 Å². The summed E-state index contributed by atoms with van der Waals surface area (Å²) in [6, 6.07) is 0.495. The zero-order valence-electron chi connectivity index (χ0n) is 11.4. The topological polar surface area (TPSA) is 133 Å². The van der Waals surface area contributed by atoms with Gasteiger partial charge in [-0.25, -0.2) is 4.79 Å². The lowest BCUT2D eigenvalue weighted by molar-refractivity contribution is -0.385. The molecule has 0 bridgehead atoms. The van der Waals surface area contributed by atoms with Gasteiger partial charge >= 0.3 is 21.6 Å². The van der Waals surface area contributed by atoms with Crippen LogP contribution in [0, 0.1) is 17.0 Å². The van der Waals surface area contributed by atoms with Crippen molar-refractivity contribution in [3.63, 3.8) is 0 Å². The van der Waals surface area contributed by atoms with Gasteiger partial charge in [-0.15, -0.1) is 0 Å². The number of methoxy groups -OCH3 is 1. The fourth-order valence-corrected chi connectivity index (χ4v) is 2.09. The van der Waals surface area contributed by atoms with Crippen molar-refractivity contribution in [3.05, 3.63) is 27.3 Å². The Morgan fingerprint density at radius 3 is 2.26 bits per heavy atom. The molecule has 0 atom stereocenters. The third kappa shape index (κ3) is 3.44. The summed E-state index contributed by atoms with van der Waals surface area (Å²) in [5.41, 5.74) is -8.56. The Hall–Kier alpha value is -2.57. The molecule has 1 rings (SSSR count). The van der Waals surface area contributed by atoms with E-state index < -0.39 is 54.8 Å². The van der Waals surface area contributed by atoms with Crippen molar-refractivity contribution in [1.82, 2.24) is 0 Å². The molecule has 13 heteroatoms. The maximum Gasteiger partial charge on any atom is 0.534 e.